The molecule has 0 aromatic heterocycles. The monoisotopic (exact) mass is 569 g/mol. The van der Waals surface area contributed by atoms with Crippen LogP contribution in [0.25, 0.3) is 10.4 Å². The van der Waals surface area contributed by atoms with Gasteiger partial charge in [-0.2, -0.15) is 0 Å². The molecule has 1 heterocycles. The van der Waals surface area contributed by atoms with E-state index >= 15 is 0 Å². The number of phenols is 1. The van der Waals surface area contributed by atoms with Crippen molar-refractivity contribution >= 4 is 41.1 Å². The van der Waals surface area contributed by atoms with Gasteiger partial charge in [-0.15, -0.1) is 23.5 Å². The van der Waals surface area contributed by atoms with E-state index in [2.05, 4.69) is 54.8 Å². The van der Waals surface area contributed by atoms with E-state index in [0.29, 0.717) is 10.00 Å². The Labute approximate surface area is 236 Å². The van der Waals surface area contributed by atoms with E-state index in [1.807, 2.05) is 35.7 Å². The van der Waals surface area contributed by atoms with Crippen molar-refractivity contribution in [3.05, 3.63) is 69.6 Å². The fourth-order valence-corrected chi connectivity index (χ4v) is 7.21. The van der Waals surface area contributed by atoms with Crippen LogP contribution in [0.2, 0.25) is 0 Å². The number of phenolic OH excluding ortho intramolecular Hbond substituents is 1. The maximum atomic E-state index is 12.0. The number of thioether (sulfide) groups is 2. The largest absolute Gasteiger partial charge is 0.507 e. The minimum Gasteiger partial charge on any atom is -0.507 e. The Morgan fingerprint density at radius 2 is 1.79 bits per heavy atom. The van der Waals surface area contributed by atoms with E-state index in [1.54, 1.807) is 0 Å². The van der Waals surface area contributed by atoms with Gasteiger partial charge in [-0.05, 0) is 58.2 Å². The number of aromatic hydroxyl groups is 1. The molecule has 2 aromatic rings. The van der Waals surface area contributed by atoms with E-state index in [9.17, 15) is 14.7 Å². The first kappa shape index (κ1) is 30.3. The SMILES string of the molecule is CC(C)(C)C1CSC(c2ccc(C#CCOCC(=O)OCCOC(=O)c3ccc(N=[N+]=[N-])cc3O)cc2)SC1. The summed E-state index contributed by atoms with van der Waals surface area (Å²) >= 11 is 4.02. The summed E-state index contributed by atoms with van der Waals surface area (Å²) in [6.45, 7) is 6.35. The first-order valence-electron chi connectivity index (χ1n) is 12.3. The Bertz CT molecular complexity index is 1250. The maximum Gasteiger partial charge on any atom is 0.342 e. The van der Waals surface area contributed by atoms with Crippen LogP contribution in [0, 0.1) is 23.2 Å². The first-order chi connectivity index (χ1) is 18.7. The first-order valence-corrected chi connectivity index (χ1v) is 14.4. The molecule has 0 saturated carbocycles. The van der Waals surface area contributed by atoms with Crippen LogP contribution in [0.5, 0.6) is 5.75 Å². The summed E-state index contributed by atoms with van der Waals surface area (Å²) < 4.78 is 15.6. The van der Waals surface area contributed by atoms with Gasteiger partial charge in [0.15, 0.2) is 0 Å². The topological polar surface area (TPSA) is 131 Å². The van der Waals surface area contributed by atoms with Crippen LogP contribution >= 0.6 is 23.5 Å². The molecule has 1 N–H and O–H groups in total. The van der Waals surface area contributed by atoms with Gasteiger partial charge in [0, 0.05) is 16.2 Å². The standard InChI is InChI=1S/C28H31N3O6S2/c1-28(2,3)21-17-38-27(39-18-21)20-8-6-19(7-9-20)5-4-12-35-16-25(33)36-13-14-37-26(34)23-11-10-22(30-31-29)15-24(23)32/h6-11,15,21,27,32H,12-14,16-18H2,1-3H3. The number of azide groups is 1. The second-order valence-corrected chi connectivity index (χ2v) is 12.3. The zero-order chi connectivity index (χ0) is 28.3. The summed E-state index contributed by atoms with van der Waals surface area (Å²) in [4.78, 5) is 26.4. The van der Waals surface area contributed by atoms with E-state index in [4.69, 9.17) is 19.7 Å². The molecule has 39 heavy (non-hydrogen) atoms. The van der Waals surface area contributed by atoms with Crippen LogP contribution in [-0.2, 0) is 19.0 Å². The summed E-state index contributed by atoms with van der Waals surface area (Å²) in [5, 5.41) is 13.2. The Morgan fingerprint density at radius 3 is 2.44 bits per heavy atom. The van der Waals surface area contributed by atoms with Gasteiger partial charge < -0.3 is 19.3 Å². The van der Waals surface area contributed by atoms with E-state index in [-0.39, 0.29) is 43.4 Å². The second kappa shape index (κ2) is 14.8. The lowest BCUT2D eigenvalue weighted by Crippen LogP contribution is -2.27. The van der Waals surface area contributed by atoms with Gasteiger partial charge in [0.2, 0.25) is 0 Å². The van der Waals surface area contributed by atoms with Crippen molar-refractivity contribution < 1.29 is 28.9 Å². The maximum absolute atomic E-state index is 12.0. The van der Waals surface area contributed by atoms with Crippen LogP contribution in [0.4, 0.5) is 5.69 Å². The highest BCUT2D eigenvalue weighted by Crippen LogP contribution is 2.49. The molecule has 206 valence electrons. The smallest absolute Gasteiger partial charge is 0.342 e. The molecular weight excluding hydrogens is 538 g/mol. The highest BCUT2D eigenvalue weighted by atomic mass is 32.2. The second-order valence-electron chi connectivity index (χ2n) is 9.73. The van der Waals surface area contributed by atoms with Crippen molar-refractivity contribution in [3.63, 3.8) is 0 Å². The van der Waals surface area contributed by atoms with Crippen molar-refractivity contribution in [2.75, 3.05) is 37.9 Å². The zero-order valence-electron chi connectivity index (χ0n) is 22.1. The molecule has 0 unspecified atom stereocenters. The third-order valence-corrected chi connectivity index (χ3v) is 9.03. The molecule has 0 spiro atoms. The fraction of sp³-hybridized carbons (Fsp3) is 0.429. The number of benzene rings is 2. The van der Waals surface area contributed by atoms with Gasteiger partial charge in [0.05, 0.1) is 4.58 Å². The van der Waals surface area contributed by atoms with Crippen LogP contribution in [-0.4, -0.2) is 55.0 Å². The summed E-state index contributed by atoms with van der Waals surface area (Å²) in [5.74, 6) is 7.18. The predicted molar refractivity (Wildman–Crippen MR) is 153 cm³/mol. The van der Waals surface area contributed by atoms with Gasteiger partial charge in [-0.25, -0.2) is 9.59 Å². The third kappa shape index (κ3) is 9.75. The lowest BCUT2D eigenvalue weighted by atomic mass is 9.83. The molecule has 1 aliphatic heterocycles. The van der Waals surface area contributed by atoms with Gasteiger partial charge in [-0.3, -0.25) is 0 Å². The Balaban J connectivity index is 1.30. The quantitative estimate of drug-likeness (QED) is 0.0937. The Hall–Kier alpha value is -3.29. The minimum absolute atomic E-state index is 0.0689. The molecule has 0 bridgehead atoms. The molecule has 2 aromatic carbocycles. The van der Waals surface area contributed by atoms with Crippen molar-refractivity contribution in [1.29, 1.82) is 0 Å². The zero-order valence-corrected chi connectivity index (χ0v) is 23.7. The van der Waals surface area contributed by atoms with Gasteiger partial charge in [0.25, 0.3) is 0 Å². The molecule has 1 saturated heterocycles. The number of hydrogen-bond donors (Lipinski definition) is 1. The average Bonchev–Trinajstić information content (AvgIpc) is 2.91. The number of rotatable bonds is 9. The molecule has 0 atom stereocenters. The summed E-state index contributed by atoms with van der Waals surface area (Å²) in [7, 11) is 0. The number of nitrogens with zero attached hydrogens (tertiary/aromatic N) is 3. The highest BCUT2D eigenvalue weighted by molar-refractivity contribution is 8.16. The van der Waals surface area contributed by atoms with Crippen molar-refractivity contribution in [1.82, 2.24) is 0 Å². The predicted octanol–water partition coefficient (Wildman–Crippen LogP) is 6.24. The molecule has 1 aliphatic rings. The van der Waals surface area contributed by atoms with Crippen LogP contribution in [0.3, 0.4) is 0 Å². The van der Waals surface area contributed by atoms with Crippen molar-refractivity contribution in [2.45, 2.75) is 25.4 Å². The van der Waals surface area contributed by atoms with Crippen molar-refractivity contribution in [2.24, 2.45) is 16.4 Å². The molecule has 9 nitrogen and oxygen atoms in total. The summed E-state index contributed by atoms with van der Waals surface area (Å²) in [6, 6.07) is 12.0. The summed E-state index contributed by atoms with van der Waals surface area (Å²) in [6.07, 6.45) is 0. The number of carbonyl (C=O) groups is 2. The van der Waals surface area contributed by atoms with E-state index in [0.717, 1.165) is 17.5 Å². The molecule has 0 radical (unpaired) electrons. The number of hydrogen-bond acceptors (Lipinski definition) is 9. The Kier molecular flexibility index (Phi) is 11.4. The Morgan fingerprint density at radius 1 is 1.10 bits per heavy atom. The van der Waals surface area contributed by atoms with Crippen LogP contribution in [0.1, 0.15) is 46.8 Å². The highest BCUT2D eigenvalue weighted by Gasteiger charge is 2.31. The van der Waals surface area contributed by atoms with Crippen LogP contribution < -0.4 is 0 Å². The molecular formula is C28H31N3O6S2. The minimum atomic E-state index is -0.805. The molecule has 0 aliphatic carbocycles. The molecule has 11 heteroatoms. The van der Waals surface area contributed by atoms with Crippen molar-refractivity contribution in [3.8, 4) is 17.6 Å². The van der Waals surface area contributed by atoms with Gasteiger partial charge in [-0.1, -0.05) is 55.9 Å². The van der Waals surface area contributed by atoms with E-state index < -0.39 is 11.9 Å². The molecule has 3 rings (SSSR count). The fourth-order valence-electron chi connectivity index (χ4n) is 3.46. The normalized spacial score (nSPS) is 16.8. The van der Waals surface area contributed by atoms with Gasteiger partial charge in [0.1, 0.15) is 37.7 Å². The third-order valence-electron chi connectivity index (χ3n) is 5.87. The van der Waals surface area contributed by atoms with Crippen LogP contribution in [0.15, 0.2) is 47.6 Å². The number of carbonyl (C=O) groups excluding carboxylic acids is 2. The molecule has 0 amide bonds. The number of ether oxygens (including phenoxy) is 3. The number of esters is 2. The lowest BCUT2D eigenvalue weighted by Gasteiger charge is -2.36. The van der Waals surface area contributed by atoms with E-state index in [1.165, 1.54) is 29.2 Å². The average molecular weight is 570 g/mol. The lowest BCUT2D eigenvalue weighted by molar-refractivity contribution is -0.149. The van der Waals surface area contributed by atoms with Gasteiger partial charge >= 0.3 is 11.9 Å². The molecule has 1 fully saturated rings. The summed E-state index contributed by atoms with van der Waals surface area (Å²) in [5.41, 5.74) is 11.0.